The van der Waals surface area contributed by atoms with Crippen molar-refractivity contribution in [1.29, 1.82) is 0 Å². The Hall–Kier alpha value is -3.11. The van der Waals surface area contributed by atoms with E-state index in [9.17, 15) is 0 Å². The Morgan fingerprint density at radius 2 is 1.50 bits per heavy atom. The summed E-state index contributed by atoms with van der Waals surface area (Å²) in [6, 6.07) is 17.1. The van der Waals surface area contributed by atoms with Gasteiger partial charge in [0.25, 0.3) is 0 Å². The monoisotopic (exact) mass is 319 g/mol. The molecule has 1 atom stereocenters. The van der Waals surface area contributed by atoms with Crippen LogP contribution in [0, 0.1) is 5.92 Å². The van der Waals surface area contributed by atoms with Crippen LogP contribution in [0.15, 0.2) is 64.1 Å². The highest BCUT2D eigenvalue weighted by atomic mass is 16.4. The zero-order valence-electron chi connectivity index (χ0n) is 13.5. The van der Waals surface area contributed by atoms with Gasteiger partial charge in [-0.2, -0.15) is 0 Å². The molecule has 6 heteroatoms. The fraction of sp³-hybridized carbons (Fsp3) is 0.222. The van der Waals surface area contributed by atoms with E-state index in [1.54, 1.807) is 0 Å². The number of aromatic nitrogens is 2. The molecule has 24 heavy (non-hydrogen) atoms. The van der Waals surface area contributed by atoms with E-state index in [1.807, 2.05) is 68.4 Å². The second kappa shape index (κ2) is 6.98. The molecule has 0 amide bonds. The van der Waals surface area contributed by atoms with E-state index in [1.165, 1.54) is 0 Å². The summed E-state index contributed by atoms with van der Waals surface area (Å²) in [6.45, 7) is 4.05. The number of hydrogen-bond acceptors (Lipinski definition) is 4. The lowest BCUT2D eigenvalue weighted by Crippen LogP contribution is -2.02. The highest BCUT2D eigenvalue weighted by Crippen LogP contribution is 2.29. The van der Waals surface area contributed by atoms with E-state index in [4.69, 9.17) is 9.95 Å². The minimum Gasteiger partial charge on any atom is -0.416 e. The lowest BCUT2D eigenvalue weighted by molar-refractivity contribution is 0.512. The zero-order chi connectivity index (χ0) is 16.9. The van der Waals surface area contributed by atoms with Crippen LogP contribution in [0.5, 0.6) is 0 Å². The van der Waals surface area contributed by atoms with Gasteiger partial charge in [-0.3, -0.25) is 0 Å². The third kappa shape index (κ3) is 3.29. The minimum absolute atomic E-state index is 0.188. The molecule has 0 fully saturated rings. The molecule has 1 aromatic heterocycles. The van der Waals surface area contributed by atoms with Gasteiger partial charge in [-0.15, -0.1) is 10.2 Å². The molecule has 0 aliphatic rings. The maximum absolute atomic E-state index is 8.72. The summed E-state index contributed by atoms with van der Waals surface area (Å²) in [6.07, 6.45) is 0. The number of azide groups is 1. The third-order valence-electron chi connectivity index (χ3n) is 3.75. The van der Waals surface area contributed by atoms with Gasteiger partial charge in [0, 0.05) is 16.0 Å². The quantitative estimate of drug-likeness (QED) is 0.358. The van der Waals surface area contributed by atoms with Gasteiger partial charge in [-0.1, -0.05) is 49.3 Å². The average Bonchev–Trinajstić information content (AvgIpc) is 3.10. The van der Waals surface area contributed by atoms with Crippen LogP contribution in [0.1, 0.15) is 25.5 Å². The molecule has 2 aromatic carbocycles. The lowest BCUT2D eigenvalue weighted by atomic mass is 9.96. The maximum Gasteiger partial charge on any atom is 0.248 e. The molecule has 0 radical (unpaired) electrons. The molecule has 1 heterocycles. The molecule has 120 valence electrons. The van der Waals surface area contributed by atoms with Crippen molar-refractivity contribution >= 4 is 0 Å². The van der Waals surface area contributed by atoms with Crippen LogP contribution in [-0.4, -0.2) is 10.2 Å². The Kier molecular flexibility index (Phi) is 4.59. The Morgan fingerprint density at radius 1 is 0.917 bits per heavy atom. The van der Waals surface area contributed by atoms with E-state index in [0.717, 1.165) is 16.7 Å². The third-order valence-corrected chi connectivity index (χ3v) is 3.75. The van der Waals surface area contributed by atoms with Crippen LogP contribution in [0.4, 0.5) is 0 Å². The zero-order valence-corrected chi connectivity index (χ0v) is 13.5. The lowest BCUT2D eigenvalue weighted by Gasteiger charge is -2.15. The van der Waals surface area contributed by atoms with Gasteiger partial charge < -0.3 is 4.42 Å². The van der Waals surface area contributed by atoms with Gasteiger partial charge in [0.05, 0.1) is 6.04 Å². The Labute approximate surface area is 139 Å². The van der Waals surface area contributed by atoms with Crippen LogP contribution in [0.25, 0.3) is 33.4 Å². The number of benzene rings is 2. The van der Waals surface area contributed by atoms with E-state index < -0.39 is 0 Å². The highest BCUT2D eigenvalue weighted by molar-refractivity contribution is 5.58. The first-order valence-electron chi connectivity index (χ1n) is 7.72. The Balaban J connectivity index is 1.86. The second-order valence-corrected chi connectivity index (χ2v) is 5.79. The SMILES string of the molecule is CC(C)C(N=[N+]=[N-])c1ccc(-c2nnc(-c3ccccc3)o2)cc1. The van der Waals surface area contributed by atoms with Gasteiger partial charge in [-0.25, -0.2) is 0 Å². The summed E-state index contributed by atoms with van der Waals surface area (Å²) >= 11 is 0. The van der Waals surface area contributed by atoms with E-state index in [0.29, 0.717) is 11.8 Å². The molecule has 0 saturated heterocycles. The van der Waals surface area contributed by atoms with E-state index in [-0.39, 0.29) is 12.0 Å². The molecule has 3 aromatic rings. The molecule has 0 N–H and O–H groups in total. The van der Waals surface area contributed by atoms with Gasteiger partial charge >= 0.3 is 0 Å². The number of hydrogen-bond donors (Lipinski definition) is 0. The normalized spacial score (nSPS) is 12.0. The van der Waals surface area contributed by atoms with Crippen LogP contribution < -0.4 is 0 Å². The fourth-order valence-corrected chi connectivity index (χ4v) is 2.50. The molecule has 0 aliphatic carbocycles. The summed E-state index contributed by atoms with van der Waals surface area (Å²) in [5.74, 6) is 1.17. The van der Waals surface area contributed by atoms with Crippen LogP contribution >= 0.6 is 0 Å². The average molecular weight is 319 g/mol. The summed E-state index contributed by atoms with van der Waals surface area (Å²) in [4.78, 5) is 2.94. The van der Waals surface area contributed by atoms with Crippen molar-refractivity contribution in [3.05, 3.63) is 70.6 Å². The molecular formula is C18H17N5O. The van der Waals surface area contributed by atoms with Crippen molar-refractivity contribution in [2.45, 2.75) is 19.9 Å². The van der Waals surface area contributed by atoms with Crippen molar-refractivity contribution in [1.82, 2.24) is 10.2 Å². The highest BCUT2D eigenvalue weighted by Gasteiger charge is 2.15. The van der Waals surface area contributed by atoms with Crippen molar-refractivity contribution < 1.29 is 4.42 Å². The van der Waals surface area contributed by atoms with Crippen molar-refractivity contribution in [2.75, 3.05) is 0 Å². The topological polar surface area (TPSA) is 87.7 Å². The summed E-state index contributed by atoms with van der Waals surface area (Å²) < 4.78 is 5.75. The molecule has 0 aliphatic heterocycles. The largest absolute Gasteiger partial charge is 0.416 e. The molecule has 0 spiro atoms. The fourth-order valence-electron chi connectivity index (χ4n) is 2.50. The van der Waals surface area contributed by atoms with Crippen molar-refractivity contribution in [3.63, 3.8) is 0 Å². The van der Waals surface area contributed by atoms with E-state index in [2.05, 4.69) is 20.2 Å². The second-order valence-electron chi connectivity index (χ2n) is 5.79. The molecule has 1 unspecified atom stereocenters. The maximum atomic E-state index is 8.72. The Morgan fingerprint density at radius 3 is 2.04 bits per heavy atom. The smallest absolute Gasteiger partial charge is 0.248 e. The minimum atomic E-state index is -0.188. The van der Waals surface area contributed by atoms with Crippen LogP contribution in [-0.2, 0) is 0 Å². The molecular weight excluding hydrogens is 302 g/mol. The first-order chi connectivity index (χ1) is 11.7. The number of nitrogens with zero attached hydrogens (tertiary/aromatic N) is 5. The van der Waals surface area contributed by atoms with Gasteiger partial charge in [0.2, 0.25) is 11.8 Å². The number of rotatable bonds is 5. The van der Waals surface area contributed by atoms with Crippen molar-refractivity contribution in [2.24, 2.45) is 11.0 Å². The summed E-state index contributed by atoms with van der Waals surface area (Å²) in [5.41, 5.74) is 11.4. The van der Waals surface area contributed by atoms with Crippen LogP contribution in [0.2, 0.25) is 0 Å². The first-order valence-corrected chi connectivity index (χ1v) is 7.72. The van der Waals surface area contributed by atoms with E-state index >= 15 is 0 Å². The Bertz CT molecular complexity index is 849. The van der Waals surface area contributed by atoms with Crippen LogP contribution in [0.3, 0.4) is 0 Å². The summed E-state index contributed by atoms with van der Waals surface area (Å²) in [5, 5.41) is 12.1. The predicted octanol–water partition coefficient (Wildman–Crippen LogP) is 5.41. The molecule has 6 nitrogen and oxygen atoms in total. The van der Waals surface area contributed by atoms with Crippen molar-refractivity contribution in [3.8, 4) is 22.9 Å². The summed E-state index contributed by atoms with van der Waals surface area (Å²) in [7, 11) is 0. The molecule has 3 rings (SSSR count). The first kappa shape index (κ1) is 15.8. The van der Waals surface area contributed by atoms with Gasteiger partial charge in [0.15, 0.2) is 0 Å². The molecule has 0 saturated carbocycles. The van der Waals surface area contributed by atoms with Gasteiger partial charge in [0.1, 0.15) is 0 Å². The predicted molar refractivity (Wildman–Crippen MR) is 91.9 cm³/mol. The standard InChI is InChI=1S/C18H17N5O/c1-12(2)16(20-23-19)13-8-10-15(11-9-13)18-22-21-17(24-18)14-6-4-3-5-7-14/h3-12,16H,1-2H3. The van der Waals surface area contributed by atoms with Gasteiger partial charge in [-0.05, 0) is 41.3 Å². The molecule has 0 bridgehead atoms.